The molecule has 0 aliphatic carbocycles. The molecule has 0 bridgehead atoms. The molecule has 5 heteroatoms. The van der Waals surface area contributed by atoms with E-state index in [0.717, 1.165) is 0 Å². The summed E-state index contributed by atoms with van der Waals surface area (Å²) in [7, 11) is 4.69. The van der Waals surface area contributed by atoms with Crippen LogP contribution in [0.4, 0.5) is 0 Å². The lowest BCUT2D eigenvalue weighted by Gasteiger charge is -2.13. The zero-order valence-electron chi connectivity index (χ0n) is 8.86. The van der Waals surface area contributed by atoms with Gasteiger partial charge in [0.05, 0.1) is 25.9 Å². The number of nitrogens with zero attached hydrogens (tertiary/aromatic N) is 1. The number of rotatable bonds is 4. The Labute approximate surface area is 83.9 Å². The maximum atomic E-state index is 11.0. The van der Waals surface area contributed by atoms with Gasteiger partial charge in [-0.1, -0.05) is 0 Å². The van der Waals surface area contributed by atoms with Gasteiger partial charge in [0.15, 0.2) is 0 Å². The Balaban J connectivity index is 2.40. The van der Waals surface area contributed by atoms with Crippen molar-refractivity contribution in [1.29, 1.82) is 0 Å². The molecular formula is C9H17NO4. The maximum absolute atomic E-state index is 11.0. The van der Waals surface area contributed by atoms with Gasteiger partial charge in [0.2, 0.25) is 0 Å². The van der Waals surface area contributed by atoms with Crippen molar-refractivity contribution in [3.05, 3.63) is 0 Å². The monoisotopic (exact) mass is 203 g/mol. The average Bonchev–Trinajstić information content (AvgIpc) is 2.59. The van der Waals surface area contributed by atoms with Crippen molar-refractivity contribution in [1.82, 2.24) is 4.90 Å². The van der Waals surface area contributed by atoms with Gasteiger partial charge in [-0.05, 0) is 0 Å². The Morgan fingerprint density at radius 2 is 1.71 bits per heavy atom. The predicted octanol–water partition coefficient (Wildman–Crippen LogP) is -0.495. The minimum Gasteiger partial charge on any atom is -0.468 e. The summed E-state index contributed by atoms with van der Waals surface area (Å²) in [5.74, 6) is -0.225. The first-order valence-corrected chi connectivity index (χ1v) is 4.56. The van der Waals surface area contributed by atoms with Crippen molar-refractivity contribution in [3.63, 3.8) is 0 Å². The van der Waals surface area contributed by atoms with Crippen molar-refractivity contribution in [2.75, 3.05) is 41.0 Å². The third kappa shape index (κ3) is 2.67. The fraction of sp³-hybridized carbons (Fsp3) is 0.889. The van der Waals surface area contributed by atoms with E-state index in [4.69, 9.17) is 9.47 Å². The highest BCUT2D eigenvalue weighted by Gasteiger charge is 2.33. The minimum absolute atomic E-state index is 0.0460. The largest absolute Gasteiger partial charge is 0.468 e. The zero-order valence-corrected chi connectivity index (χ0v) is 8.86. The van der Waals surface area contributed by atoms with Crippen molar-refractivity contribution in [3.8, 4) is 0 Å². The Morgan fingerprint density at radius 3 is 2.07 bits per heavy atom. The summed E-state index contributed by atoms with van der Waals surface area (Å²) in [5, 5.41) is 0. The van der Waals surface area contributed by atoms with E-state index in [0.29, 0.717) is 19.6 Å². The Morgan fingerprint density at radius 1 is 1.21 bits per heavy atom. The topological polar surface area (TPSA) is 48.0 Å². The van der Waals surface area contributed by atoms with E-state index >= 15 is 0 Å². The molecule has 1 rings (SSSR count). The van der Waals surface area contributed by atoms with Gasteiger partial charge in [0, 0.05) is 27.3 Å². The van der Waals surface area contributed by atoms with E-state index in [1.54, 1.807) is 14.2 Å². The molecule has 1 aliphatic rings. The summed E-state index contributed by atoms with van der Waals surface area (Å²) < 4.78 is 15.1. The van der Waals surface area contributed by atoms with Gasteiger partial charge in [0.1, 0.15) is 0 Å². The second-order valence-corrected chi connectivity index (χ2v) is 3.32. The van der Waals surface area contributed by atoms with Crippen molar-refractivity contribution in [2.45, 2.75) is 12.2 Å². The Kier molecular flexibility index (Phi) is 4.31. The van der Waals surface area contributed by atoms with Gasteiger partial charge in [-0.25, -0.2) is 0 Å². The number of esters is 1. The van der Waals surface area contributed by atoms with E-state index in [1.807, 2.05) is 4.90 Å². The second kappa shape index (κ2) is 5.29. The van der Waals surface area contributed by atoms with Gasteiger partial charge in [0.25, 0.3) is 0 Å². The lowest BCUT2D eigenvalue weighted by molar-refractivity contribution is -0.141. The fourth-order valence-corrected chi connectivity index (χ4v) is 1.65. The molecule has 1 fully saturated rings. The molecule has 0 N–H and O–H groups in total. The molecule has 0 spiro atoms. The molecule has 1 heterocycles. The van der Waals surface area contributed by atoms with Crippen LogP contribution >= 0.6 is 0 Å². The molecule has 0 radical (unpaired) electrons. The van der Waals surface area contributed by atoms with E-state index in [1.165, 1.54) is 7.11 Å². The summed E-state index contributed by atoms with van der Waals surface area (Å²) in [6, 6.07) is 0. The van der Waals surface area contributed by atoms with Gasteiger partial charge < -0.3 is 14.2 Å². The quantitative estimate of drug-likeness (QED) is 0.577. The van der Waals surface area contributed by atoms with Crippen LogP contribution in [0, 0.1) is 0 Å². The number of hydrogen-bond acceptors (Lipinski definition) is 5. The highest BCUT2D eigenvalue weighted by atomic mass is 16.5. The average molecular weight is 203 g/mol. The van der Waals surface area contributed by atoms with E-state index in [-0.39, 0.29) is 18.2 Å². The number of carbonyl (C=O) groups excluding carboxylic acids is 1. The van der Waals surface area contributed by atoms with Gasteiger partial charge >= 0.3 is 5.97 Å². The van der Waals surface area contributed by atoms with Crippen LogP contribution in [0.15, 0.2) is 0 Å². The number of likely N-dealkylation sites (tertiary alicyclic amines) is 1. The second-order valence-electron chi connectivity index (χ2n) is 3.32. The van der Waals surface area contributed by atoms with Crippen LogP contribution in [0.1, 0.15) is 0 Å². The predicted molar refractivity (Wildman–Crippen MR) is 50.1 cm³/mol. The van der Waals surface area contributed by atoms with Crippen LogP contribution < -0.4 is 0 Å². The molecule has 0 saturated carbocycles. The molecule has 2 unspecified atom stereocenters. The van der Waals surface area contributed by atoms with Gasteiger partial charge in [-0.2, -0.15) is 0 Å². The molecule has 14 heavy (non-hydrogen) atoms. The van der Waals surface area contributed by atoms with E-state index in [9.17, 15) is 4.79 Å². The third-order valence-corrected chi connectivity index (χ3v) is 2.48. The Bertz CT molecular complexity index is 185. The number of methoxy groups -OCH3 is 3. The van der Waals surface area contributed by atoms with Crippen LogP contribution in [0.3, 0.4) is 0 Å². The summed E-state index contributed by atoms with van der Waals surface area (Å²) in [6.07, 6.45) is 0.0920. The molecule has 2 atom stereocenters. The number of ether oxygens (including phenoxy) is 3. The molecule has 1 saturated heterocycles. The van der Waals surface area contributed by atoms with Crippen LogP contribution in [-0.2, 0) is 19.0 Å². The molecule has 5 nitrogen and oxygen atoms in total. The third-order valence-electron chi connectivity index (χ3n) is 2.48. The van der Waals surface area contributed by atoms with E-state index in [2.05, 4.69) is 4.74 Å². The highest BCUT2D eigenvalue weighted by molar-refractivity contribution is 5.71. The van der Waals surface area contributed by atoms with Crippen LogP contribution in [-0.4, -0.2) is 64.0 Å². The molecule has 82 valence electrons. The lowest BCUT2D eigenvalue weighted by atomic mass is 10.3. The highest BCUT2D eigenvalue weighted by Crippen LogP contribution is 2.15. The number of hydrogen-bond donors (Lipinski definition) is 0. The van der Waals surface area contributed by atoms with Crippen LogP contribution in [0.5, 0.6) is 0 Å². The molecule has 0 amide bonds. The summed E-state index contributed by atoms with van der Waals surface area (Å²) in [5.41, 5.74) is 0. The van der Waals surface area contributed by atoms with Crippen LogP contribution in [0.25, 0.3) is 0 Å². The zero-order chi connectivity index (χ0) is 10.6. The van der Waals surface area contributed by atoms with E-state index < -0.39 is 0 Å². The summed E-state index contributed by atoms with van der Waals surface area (Å²) in [4.78, 5) is 13.0. The first-order valence-electron chi connectivity index (χ1n) is 4.56. The van der Waals surface area contributed by atoms with Gasteiger partial charge in [-0.3, -0.25) is 9.69 Å². The standard InChI is InChI=1S/C9H17NO4/c1-12-7-4-10(5-8(7)13-2)6-9(11)14-3/h7-8H,4-6H2,1-3H3. The van der Waals surface area contributed by atoms with Gasteiger partial charge in [-0.15, -0.1) is 0 Å². The van der Waals surface area contributed by atoms with Crippen molar-refractivity contribution >= 4 is 5.97 Å². The molecule has 0 aromatic heterocycles. The lowest BCUT2D eigenvalue weighted by Crippen LogP contribution is -2.29. The molecular weight excluding hydrogens is 186 g/mol. The smallest absolute Gasteiger partial charge is 0.319 e. The summed E-state index contributed by atoms with van der Waals surface area (Å²) in [6.45, 7) is 1.73. The first kappa shape index (κ1) is 11.4. The fourth-order valence-electron chi connectivity index (χ4n) is 1.65. The van der Waals surface area contributed by atoms with Crippen molar-refractivity contribution in [2.24, 2.45) is 0 Å². The molecule has 0 aromatic carbocycles. The van der Waals surface area contributed by atoms with Crippen LogP contribution in [0.2, 0.25) is 0 Å². The Hall–Kier alpha value is -0.650. The van der Waals surface area contributed by atoms with Crippen molar-refractivity contribution < 1.29 is 19.0 Å². The molecule has 0 aromatic rings. The first-order chi connectivity index (χ1) is 6.71. The SMILES string of the molecule is COC(=O)CN1CC(OC)C(OC)C1. The maximum Gasteiger partial charge on any atom is 0.319 e. The normalized spacial score (nSPS) is 27.9. The number of carbonyl (C=O) groups is 1. The molecule has 1 aliphatic heterocycles. The summed E-state index contributed by atoms with van der Waals surface area (Å²) >= 11 is 0. The minimum atomic E-state index is -0.225.